The van der Waals surface area contributed by atoms with Crippen LogP contribution in [-0.4, -0.2) is 28.2 Å². The number of amides is 2. The molecule has 7 heteroatoms. The van der Waals surface area contributed by atoms with E-state index < -0.39 is 11.8 Å². The van der Waals surface area contributed by atoms with Crippen molar-refractivity contribution in [2.24, 2.45) is 5.73 Å². The van der Waals surface area contributed by atoms with Gasteiger partial charge >= 0.3 is 0 Å². The summed E-state index contributed by atoms with van der Waals surface area (Å²) in [5, 5.41) is 4.22. The number of hydroxylamine groups is 1. The van der Waals surface area contributed by atoms with Crippen LogP contribution >= 0.6 is 0 Å². The third-order valence-corrected chi connectivity index (χ3v) is 2.10. The molecule has 0 atom stereocenters. The maximum Gasteiger partial charge on any atom is 0.293 e. The smallest absolute Gasteiger partial charge is 0.293 e. The molecule has 0 aliphatic heterocycles. The Morgan fingerprint density at radius 2 is 2.24 bits per heavy atom. The van der Waals surface area contributed by atoms with E-state index in [9.17, 15) is 9.59 Å². The molecule has 0 saturated heterocycles. The molecule has 1 heterocycles. The average Bonchev–Trinajstić information content (AvgIpc) is 2.71. The fourth-order valence-electron chi connectivity index (χ4n) is 1.29. The second-order valence-corrected chi connectivity index (χ2v) is 3.38. The largest absolute Gasteiger partial charge is 0.368 e. The highest BCUT2D eigenvalue weighted by Gasteiger charge is 2.14. The molecular weight excluding hydrogens is 224 g/mol. The van der Waals surface area contributed by atoms with E-state index in [2.05, 4.69) is 15.4 Å². The van der Waals surface area contributed by atoms with Gasteiger partial charge < -0.3 is 5.73 Å². The number of hydrogen-bond donors (Lipinski definition) is 2. The minimum atomic E-state index is -0.649. The van der Waals surface area contributed by atoms with Crippen LogP contribution in [-0.2, 0) is 22.6 Å². The predicted molar refractivity (Wildman–Crippen MR) is 59.9 cm³/mol. The summed E-state index contributed by atoms with van der Waals surface area (Å²) in [6.07, 6.45) is 0.745. The summed E-state index contributed by atoms with van der Waals surface area (Å²) in [6, 6.07) is 1.69. The van der Waals surface area contributed by atoms with E-state index in [0.29, 0.717) is 12.2 Å². The Kier molecular flexibility index (Phi) is 4.65. The Morgan fingerprint density at radius 3 is 2.76 bits per heavy atom. The normalized spacial score (nSPS) is 10.2. The van der Waals surface area contributed by atoms with Crippen molar-refractivity contribution in [3.8, 4) is 0 Å². The van der Waals surface area contributed by atoms with Crippen molar-refractivity contribution in [1.29, 1.82) is 0 Å². The van der Waals surface area contributed by atoms with Crippen molar-refractivity contribution in [3.05, 3.63) is 17.5 Å². The summed E-state index contributed by atoms with van der Waals surface area (Å²) in [5.41, 5.74) is 8.23. The first-order valence-electron chi connectivity index (χ1n) is 5.35. The number of carbonyl (C=O) groups is 2. The maximum atomic E-state index is 11.7. The van der Waals surface area contributed by atoms with Gasteiger partial charge in [-0.2, -0.15) is 5.10 Å². The lowest BCUT2D eigenvalue weighted by molar-refractivity contribution is -0.124. The van der Waals surface area contributed by atoms with Crippen molar-refractivity contribution < 1.29 is 14.4 Å². The topological polar surface area (TPSA) is 99.2 Å². The molecule has 94 valence electrons. The van der Waals surface area contributed by atoms with Crippen LogP contribution in [0.1, 0.15) is 30.0 Å². The molecule has 3 N–H and O–H groups in total. The lowest BCUT2D eigenvalue weighted by Crippen LogP contribution is -2.30. The first kappa shape index (κ1) is 13.2. The quantitative estimate of drug-likeness (QED) is 0.661. The van der Waals surface area contributed by atoms with E-state index >= 15 is 0 Å². The highest BCUT2D eigenvalue weighted by molar-refractivity contribution is 5.92. The van der Waals surface area contributed by atoms with Crippen LogP contribution in [0.3, 0.4) is 0 Å². The molecule has 0 aromatic carbocycles. The van der Waals surface area contributed by atoms with Gasteiger partial charge in [-0.05, 0) is 19.4 Å². The van der Waals surface area contributed by atoms with Gasteiger partial charge in [0, 0.05) is 6.54 Å². The van der Waals surface area contributed by atoms with E-state index in [0.717, 1.165) is 12.1 Å². The Hall–Kier alpha value is -1.89. The minimum Gasteiger partial charge on any atom is -0.368 e. The Balaban J connectivity index is 2.67. The molecule has 1 aromatic heterocycles. The number of primary amides is 1. The zero-order valence-corrected chi connectivity index (χ0v) is 9.90. The molecule has 0 aliphatic rings. The first-order chi connectivity index (χ1) is 8.08. The van der Waals surface area contributed by atoms with Gasteiger partial charge in [0.25, 0.3) is 5.91 Å². The first-order valence-corrected chi connectivity index (χ1v) is 5.35. The van der Waals surface area contributed by atoms with E-state index in [1.807, 2.05) is 13.8 Å². The predicted octanol–water partition coefficient (Wildman–Crippen LogP) is -0.388. The summed E-state index contributed by atoms with van der Waals surface area (Å²) < 4.78 is 1.57. The van der Waals surface area contributed by atoms with Gasteiger partial charge in [-0.25, -0.2) is 5.48 Å². The summed E-state index contributed by atoms with van der Waals surface area (Å²) >= 11 is 0. The molecule has 0 spiro atoms. The highest BCUT2D eigenvalue weighted by Crippen LogP contribution is 2.05. The van der Waals surface area contributed by atoms with Gasteiger partial charge in [-0.3, -0.25) is 19.1 Å². The average molecular weight is 240 g/mol. The Labute approximate surface area is 98.9 Å². The lowest BCUT2D eigenvalue weighted by atomic mass is 10.3. The number of rotatable bonds is 6. The number of aromatic nitrogens is 2. The number of nitrogens with one attached hydrogen (secondary N) is 1. The second-order valence-electron chi connectivity index (χ2n) is 3.38. The number of carbonyl (C=O) groups excluding carboxylic acids is 2. The third kappa shape index (κ3) is 3.56. The minimum absolute atomic E-state index is 0.355. The van der Waals surface area contributed by atoms with Crippen molar-refractivity contribution in [1.82, 2.24) is 15.3 Å². The van der Waals surface area contributed by atoms with Crippen LogP contribution < -0.4 is 11.2 Å². The Morgan fingerprint density at radius 1 is 1.53 bits per heavy atom. The van der Waals surface area contributed by atoms with Gasteiger partial charge in [-0.15, -0.1) is 0 Å². The fraction of sp³-hybridized carbons (Fsp3) is 0.500. The summed E-state index contributed by atoms with van der Waals surface area (Å²) in [5.74, 6) is -1.09. The van der Waals surface area contributed by atoms with Crippen LogP contribution in [0, 0.1) is 0 Å². The Bertz CT molecular complexity index is 414. The zero-order valence-electron chi connectivity index (χ0n) is 9.90. The molecule has 1 rings (SSSR count). The van der Waals surface area contributed by atoms with Gasteiger partial charge in [-0.1, -0.05) is 6.92 Å². The molecule has 7 nitrogen and oxygen atoms in total. The molecule has 0 radical (unpaired) electrons. The van der Waals surface area contributed by atoms with Crippen molar-refractivity contribution in [2.45, 2.75) is 26.8 Å². The van der Waals surface area contributed by atoms with Gasteiger partial charge in [0.2, 0.25) is 5.91 Å². The lowest BCUT2D eigenvalue weighted by Gasteiger charge is -2.05. The summed E-state index contributed by atoms with van der Waals surface area (Å²) in [4.78, 5) is 26.7. The molecule has 0 bridgehead atoms. The highest BCUT2D eigenvalue weighted by atomic mass is 16.7. The molecule has 1 aromatic rings. The number of nitrogens with zero attached hydrogens (tertiary/aromatic N) is 2. The van der Waals surface area contributed by atoms with Gasteiger partial charge in [0.15, 0.2) is 6.61 Å². The zero-order chi connectivity index (χ0) is 12.8. The van der Waals surface area contributed by atoms with E-state index in [1.165, 1.54) is 0 Å². The summed E-state index contributed by atoms with van der Waals surface area (Å²) in [7, 11) is 0. The fourth-order valence-corrected chi connectivity index (χ4v) is 1.29. The van der Waals surface area contributed by atoms with Crippen LogP contribution in [0.5, 0.6) is 0 Å². The SMILES string of the molecule is CCc1cc(C(=O)NOCC(N)=O)n(CC)n1. The number of aryl methyl sites for hydroxylation is 2. The molecule has 2 amide bonds. The van der Waals surface area contributed by atoms with Crippen LogP contribution in [0.15, 0.2) is 6.07 Å². The number of hydrogen-bond acceptors (Lipinski definition) is 4. The third-order valence-electron chi connectivity index (χ3n) is 2.10. The van der Waals surface area contributed by atoms with E-state index in [4.69, 9.17) is 5.73 Å². The van der Waals surface area contributed by atoms with Crippen molar-refractivity contribution in [3.63, 3.8) is 0 Å². The van der Waals surface area contributed by atoms with Crippen LogP contribution in [0.25, 0.3) is 0 Å². The molecule has 0 fully saturated rings. The van der Waals surface area contributed by atoms with Crippen molar-refractivity contribution >= 4 is 11.8 Å². The van der Waals surface area contributed by atoms with Gasteiger partial charge in [0.1, 0.15) is 5.69 Å². The number of nitrogens with two attached hydrogens (primary N) is 1. The molecule has 0 unspecified atom stereocenters. The monoisotopic (exact) mass is 240 g/mol. The van der Waals surface area contributed by atoms with Crippen molar-refractivity contribution in [2.75, 3.05) is 6.61 Å². The molecular formula is C10H16N4O3. The van der Waals surface area contributed by atoms with Crippen LogP contribution in [0.2, 0.25) is 0 Å². The molecule has 0 saturated carbocycles. The van der Waals surface area contributed by atoms with Crippen LogP contribution in [0.4, 0.5) is 0 Å². The summed E-state index contributed by atoms with van der Waals surface area (Å²) in [6.45, 7) is 4.06. The molecule has 0 aliphatic carbocycles. The second kappa shape index (κ2) is 6.00. The van der Waals surface area contributed by atoms with E-state index in [1.54, 1.807) is 10.7 Å². The van der Waals surface area contributed by atoms with Gasteiger partial charge in [0.05, 0.1) is 5.69 Å². The van der Waals surface area contributed by atoms with E-state index in [-0.39, 0.29) is 6.61 Å². The maximum absolute atomic E-state index is 11.7. The molecule has 17 heavy (non-hydrogen) atoms. The standard InChI is InChI=1S/C10H16N4O3/c1-3-7-5-8(14(4-2)12-7)10(16)13-17-6-9(11)15/h5H,3-4,6H2,1-2H3,(H2,11,15)(H,13,16).